The van der Waals surface area contributed by atoms with Gasteiger partial charge in [0.2, 0.25) is 5.75 Å². The van der Waals surface area contributed by atoms with Crippen LogP contribution in [0.4, 0.5) is 11.4 Å². The number of imide groups is 1. The summed E-state index contributed by atoms with van der Waals surface area (Å²) in [6.45, 7) is 0. The van der Waals surface area contributed by atoms with Crippen LogP contribution in [0.1, 0.15) is 32.3 Å². The van der Waals surface area contributed by atoms with E-state index in [2.05, 4.69) is 15.9 Å². The zero-order valence-corrected chi connectivity index (χ0v) is 21.9. The fourth-order valence-corrected chi connectivity index (χ4v) is 5.17. The standard InChI is InChI=1S/C26H20BrN3O8/c1-36-18-11-13(12-19(37-2)23(18)38-3)21-22(26(33)28(21)15-9-7-14(27)8-10-15)29-24(31)16-5-4-6-17(30(34)35)20(16)25(29)32/h4-12,21-22H,1-3H3/t21-,22+/m0/s1. The normalized spacial score (nSPS) is 18.3. The molecule has 5 rings (SSSR count). The lowest BCUT2D eigenvalue weighted by Crippen LogP contribution is -2.67. The fourth-order valence-electron chi connectivity index (χ4n) is 4.91. The summed E-state index contributed by atoms with van der Waals surface area (Å²) in [4.78, 5) is 53.7. The maximum Gasteiger partial charge on any atom is 0.282 e. The molecule has 38 heavy (non-hydrogen) atoms. The largest absolute Gasteiger partial charge is 0.493 e. The van der Waals surface area contributed by atoms with E-state index in [1.54, 1.807) is 36.4 Å². The van der Waals surface area contributed by atoms with E-state index in [9.17, 15) is 24.5 Å². The second-order valence-corrected chi connectivity index (χ2v) is 9.39. The first-order valence-electron chi connectivity index (χ1n) is 11.3. The molecule has 12 heteroatoms. The maximum absolute atomic E-state index is 13.7. The average molecular weight is 582 g/mol. The van der Waals surface area contributed by atoms with Crippen molar-refractivity contribution in [2.24, 2.45) is 0 Å². The molecular formula is C26H20BrN3O8. The lowest BCUT2D eigenvalue weighted by Gasteiger charge is -2.49. The summed E-state index contributed by atoms with van der Waals surface area (Å²) in [6, 6.07) is 11.9. The number of fused-ring (bicyclic) bond motifs is 1. The Kier molecular flexibility index (Phi) is 6.27. The van der Waals surface area contributed by atoms with Crippen LogP contribution in [0.25, 0.3) is 0 Å². The van der Waals surface area contributed by atoms with E-state index in [0.29, 0.717) is 28.5 Å². The summed E-state index contributed by atoms with van der Waals surface area (Å²) < 4.78 is 17.2. The molecule has 0 bridgehead atoms. The number of hydrogen-bond donors (Lipinski definition) is 0. The predicted octanol–water partition coefficient (Wildman–Crippen LogP) is 4.14. The van der Waals surface area contributed by atoms with Crippen molar-refractivity contribution in [1.29, 1.82) is 0 Å². The van der Waals surface area contributed by atoms with Crippen LogP contribution in [0.5, 0.6) is 17.2 Å². The molecule has 0 N–H and O–H groups in total. The van der Waals surface area contributed by atoms with Crippen molar-refractivity contribution in [3.63, 3.8) is 0 Å². The Bertz CT molecular complexity index is 1480. The van der Waals surface area contributed by atoms with Crippen LogP contribution in [0, 0.1) is 10.1 Å². The number of anilines is 1. The molecule has 0 aliphatic carbocycles. The van der Waals surface area contributed by atoms with E-state index in [4.69, 9.17) is 14.2 Å². The topological polar surface area (TPSA) is 129 Å². The minimum absolute atomic E-state index is 0.122. The summed E-state index contributed by atoms with van der Waals surface area (Å²) in [6.07, 6.45) is 0. The number of carbonyl (C=O) groups excluding carboxylic acids is 3. The molecule has 3 aromatic carbocycles. The highest BCUT2D eigenvalue weighted by molar-refractivity contribution is 9.10. The zero-order valence-electron chi connectivity index (χ0n) is 20.3. The number of methoxy groups -OCH3 is 3. The fraction of sp³-hybridized carbons (Fsp3) is 0.192. The summed E-state index contributed by atoms with van der Waals surface area (Å²) in [5.74, 6) is -1.25. The number of ether oxygens (including phenoxy) is 3. The summed E-state index contributed by atoms with van der Waals surface area (Å²) in [5, 5.41) is 11.6. The molecule has 1 fully saturated rings. The van der Waals surface area contributed by atoms with E-state index in [-0.39, 0.29) is 11.1 Å². The van der Waals surface area contributed by atoms with Gasteiger partial charge < -0.3 is 19.1 Å². The van der Waals surface area contributed by atoms with Gasteiger partial charge in [-0.05, 0) is 48.0 Å². The Balaban J connectivity index is 1.66. The lowest BCUT2D eigenvalue weighted by molar-refractivity contribution is -0.385. The second-order valence-electron chi connectivity index (χ2n) is 8.47. The molecule has 3 aromatic rings. The van der Waals surface area contributed by atoms with E-state index < -0.39 is 40.4 Å². The molecule has 0 unspecified atom stereocenters. The molecule has 0 radical (unpaired) electrons. The SMILES string of the molecule is COc1cc([C@H]2[C@@H](N3C(=O)c4cccc([N+](=O)[O-])c4C3=O)C(=O)N2c2ccc(Br)cc2)cc(OC)c1OC. The minimum atomic E-state index is -1.27. The number of carbonyl (C=O) groups is 3. The smallest absolute Gasteiger partial charge is 0.282 e. The number of nitro groups is 1. The first kappa shape index (κ1) is 25.2. The highest BCUT2D eigenvalue weighted by atomic mass is 79.9. The molecule has 3 amide bonds. The number of nitrogens with zero attached hydrogens (tertiary/aromatic N) is 3. The van der Waals surface area contributed by atoms with E-state index in [1.807, 2.05) is 0 Å². The van der Waals surface area contributed by atoms with Crippen LogP contribution in [0.3, 0.4) is 0 Å². The summed E-state index contributed by atoms with van der Waals surface area (Å²) >= 11 is 3.38. The highest BCUT2D eigenvalue weighted by Crippen LogP contribution is 2.48. The van der Waals surface area contributed by atoms with Crippen molar-refractivity contribution in [2.45, 2.75) is 12.1 Å². The number of β-lactam (4-membered cyclic amide) rings is 1. The van der Waals surface area contributed by atoms with Crippen LogP contribution < -0.4 is 19.1 Å². The van der Waals surface area contributed by atoms with Crippen LogP contribution in [0.15, 0.2) is 59.1 Å². The van der Waals surface area contributed by atoms with Crippen LogP contribution in [-0.4, -0.2) is 54.9 Å². The van der Waals surface area contributed by atoms with Crippen LogP contribution in [-0.2, 0) is 4.79 Å². The average Bonchev–Trinajstić information content (AvgIpc) is 3.16. The van der Waals surface area contributed by atoms with Crippen LogP contribution in [0.2, 0.25) is 0 Å². The molecule has 1 saturated heterocycles. The van der Waals surface area contributed by atoms with Crippen molar-refractivity contribution in [3.8, 4) is 17.2 Å². The third-order valence-electron chi connectivity index (χ3n) is 6.60. The maximum atomic E-state index is 13.7. The molecule has 2 atom stereocenters. The molecule has 2 heterocycles. The van der Waals surface area contributed by atoms with E-state index in [0.717, 1.165) is 15.4 Å². The summed E-state index contributed by atoms with van der Waals surface area (Å²) in [5.41, 5.74) is 0.0712. The molecule has 2 aliphatic rings. The van der Waals surface area contributed by atoms with Gasteiger partial charge in [-0.25, -0.2) is 0 Å². The van der Waals surface area contributed by atoms with Crippen LogP contribution >= 0.6 is 15.9 Å². The molecule has 2 aliphatic heterocycles. The Morgan fingerprint density at radius 1 is 0.842 bits per heavy atom. The third kappa shape index (κ3) is 3.67. The molecule has 0 saturated carbocycles. The molecule has 0 aromatic heterocycles. The van der Waals surface area contributed by atoms with Gasteiger partial charge in [0.25, 0.3) is 23.4 Å². The van der Waals surface area contributed by atoms with Gasteiger partial charge in [0.1, 0.15) is 11.6 Å². The number of rotatable bonds is 7. The first-order valence-corrected chi connectivity index (χ1v) is 12.1. The van der Waals surface area contributed by atoms with Crippen molar-refractivity contribution in [3.05, 3.63) is 85.9 Å². The first-order chi connectivity index (χ1) is 18.2. The van der Waals surface area contributed by atoms with Gasteiger partial charge in [0.15, 0.2) is 11.5 Å². The van der Waals surface area contributed by atoms with Gasteiger partial charge in [0.05, 0.1) is 37.9 Å². The number of hydrogen-bond acceptors (Lipinski definition) is 8. The third-order valence-corrected chi connectivity index (χ3v) is 7.13. The number of amides is 3. The van der Waals surface area contributed by atoms with Gasteiger partial charge in [-0.2, -0.15) is 0 Å². The number of nitro benzene ring substituents is 1. The summed E-state index contributed by atoms with van der Waals surface area (Å²) in [7, 11) is 4.34. The monoisotopic (exact) mass is 581 g/mol. The molecule has 0 spiro atoms. The van der Waals surface area contributed by atoms with E-state index >= 15 is 0 Å². The van der Waals surface area contributed by atoms with Gasteiger partial charge in [-0.3, -0.25) is 29.4 Å². The van der Waals surface area contributed by atoms with E-state index in [1.165, 1.54) is 38.4 Å². The molecule has 194 valence electrons. The Morgan fingerprint density at radius 3 is 2.03 bits per heavy atom. The van der Waals surface area contributed by atoms with Crippen molar-refractivity contribution in [1.82, 2.24) is 4.90 Å². The van der Waals surface area contributed by atoms with Gasteiger partial charge in [0, 0.05) is 16.2 Å². The van der Waals surface area contributed by atoms with Crippen molar-refractivity contribution >= 4 is 45.0 Å². The quantitative estimate of drug-likeness (QED) is 0.176. The number of benzene rings is 3. The minimum Gasteiger partial charge on any atom is -0.493 e. The van der Waals surface area contributed by atoms with Crippen molar-refractivity contribution in [2.75, 3.05) is 26.2 Å². The highest BCUT2D eigenvalue weighted by Gasteiger charge is 2.58. The lowest BCUT2D eigenvalue weighted by atomic mass is 9.86. The number of halogens is 1. The van der Waals surface area contributed by atoms with Crippen molar-refractivity contribution < 1.29 is 33.5 Å². The van der Waals surface area contributed by atoms with Gasteiger partial charge >= 0.3 is 0 Å². The molecular weight excluding hydrogens is 562 g/mol. The van der Waals surface area contributed by atoms with Gasteiger partial charge in [-0.1, -0.05) is 22.0 Å². The Labute approximate surface area is 224 Å². The second kappa shape index (κ2) is 9.45. The Morgan fingerprint density at radius 2 is 1.47 bits per heavy atom. The zero-order chi connectivity index (χ0) is 27.3. The molecule has 11 nitrogen and oxygen atoms in total. The van der Waals surface area contributed by atoms with Gasteiger partial charge in [-0.15, -0.1) is 0 Å². The Hall–Kier alpha value is -4.45. The predicted molar refractivity (Wildman–Crippen MR) is 138 cm³/mol.